The molecule has 2 fully saturated rings. The molecule has 1 saturated heterocycles. The highest BCUT2D eigenvalue weighted by atomic mass is 32.2. The minimum absolute atomic E-state index is 0.0897. The highest BCUT2D eigenvalue weighted by Crippen LogP contribution is 2.27. The third-order valence-electron chi connectivity index (χ3n) is 4.57. The largest absolute Gasteiger partial charge is 0.376 e. The van der Waals surface area contributed by atoms with E-state index in [1.165, 1.54) is 0 Å². The first-order valence-electron chi connectivity index (χ1n) is 8.81. The summed E-state index contributed by atoms with van der Waals surface area (Å²) in [7, 11) is 0. The van der Waals surface area contributed by atoms with Gasteiger partial charge in [0.15, 0.2) is 5.17 Å². The van der Waals surface area contributed by atoms with Crippen molar-refractivity contribution in [1.82, 2.24) is 10.6 Å². The summed E-state index contributed by atoms with van der Waals surface area (Å²) in [5.41, 5.74) is 1.11. The van der Waals surface area contributed by atoms with Gasteiger partial charge in [0.05, 0.1) is 11.9 Å². The van der Waals surface area contributed by atoms with Gasteiger partial charge in [0, 0.05) is 13.2 Å². The standard InChI is InChI=1S/C17H23N3O4S/c21-13(18-9-12-7-4-8-24-12)10-25-17-19-15(22)14(16(23)20-17)11-5-2-1-3-6-11/h12H,1-10H2,(H,18,21)(H,19,20,22,23). The third kappa shape index (κ3) is 4.92. The molecule has 0 spiro atoms. The van der Waals surface area contributed by atoms with Crippen molar-refractivity contribution in [3.63, 3.8) is 0 Å². The van der Waals surface area contributed by atoms with Gasteiger partial charge >= 0.3 is 0 Å². The number of nitrogens with zero attached hydrogens (tertiary/aromatic N) is 1. The molecule has 2 aliphatic heterocycles. The molecule has 25 heavy (non-hydrogen) atoms. The molecule has 3 amide bonds. The zero-order chi connectivity index (χ0) is 17.6. The second-order valence-corrected chi connectivity index (χ2v) is 7.41. The van der Waals surface area contributed by atoms with Crippen molar-refractivity contribution in [1.29, 1.82) is 0 Å². The van der Waals surface area contributed by atoms with Crippen LogP contribution in [-0.2, 0) is 19.1 Å². The van der Waals surface area contributed by atoms with Gasteiger partial charge in [-0.3, -0.25) is 14.4 Å². The minimum Gasteiger partial charge on any atom is -0.376 e. The summed E-state index contributed by atoms with van der Waals surface area (Å²) in [5.74, 6) is -0.936. The first-order chi connectivity index (χ1) is 12.1. The number of rotatable bonds is 4. The Bertz CT molecular complexity index is 615. The van der Waals surface area contributed by atoms with Crippen molar-refractivity contribution in [2.24, 2.45) is 4.99 Å². The number of ether oxygens (including phenoxy) is 1. The van der Waals surface area contributed by atoms with Crippen LogP contribution in [0.25, 0.3) is 0 Å². The lowest BCUT2D eigenvalue weighted by atomic mass is 9.90. The molecular weight excluding hydrogens is 342 g/mol. The summed E-state index contributed by atoms with van der Waals surface area (Å²) in [5, 5.41) is 5.63. The van der Waals surface area contributed by atoms with Crippen LogP contribution in [0.4, 0.5) is 0 Å². The van der Waals surface area contributed by atoms with E-state index in [9.17, 15) is 14.4 Å². The average molecular weight is 365 g/mol. The summed E-state index contributed by atoms with van der Waals surface area (Å²) in [4.78, 5) is 40.3. The van der Waals surface area contributed by atoms with Gasteiger partial charge < -0.3 is 15.4 Å². The molecule has 0 radical (unpaired) electrons. The molecule has 2 heterocycles. The molecule has 3 rings (SSSR count). The first kappa shape index (κ1) is 18.1. The molecule has 0 aromatic carbocycles. The van der Waals surface area contributed by atoms with Crippen molar-refractivity contribution in [3.8, 4) is 0 Å². The highest BCUT2D eigenvalue weighted by Gasteiger charge is 2.29. The molecule has 0 aromatic rings. The quantitative estimate of drug-likeness (QED) is 0.578. The van der Waals surface area contributed by atoms with Crippen LogP contribution in [0, 0.1) is 0 Å². The Labute approximate surface area is 151 Å². The fraction of sp³-hybridized carbons (Fsp3) is 0.647. The Morgan fingerprint density at radius 3 is 2.72 bits per heavy atom. The van der Waals surface area contributed by atoms with E-state index in [-0.39, 0.29) is 34.4 Å². The van der Waals surface area contributed by atoms with Crippen LogP contribution >= 0.6 is 11.8 Å². The summed E-state index contributed by atoms with van der Waals surface area (Å²) in [6, 6.07) is 0. The summed E-state index contributed by atoms with van der Waals surface area (Å²) < 4.78 is 5.44. The molecule has 0 bridgehead atoms. The van der Waals surface area contributed by atoms with E-state index in [4.69, 9.17) is 4.74 Å². The van der Waals surface area contributed by atoms with Crippen molar-refractivity contribution in [3.05, 3.63) is 11.1 Å². The predicted molar refractivity (Wildman–Crippen MR) is 95.1 cm³/mol. The average Bonchev–Trinajstić information content (AvgIpc) is 3.12. The SMILES string of the molecule is O=C(CSC1=NC(=O)C(=C2CCCCC2)C(=O)N1)NCC1CCCO1. The molecule has 0 aromatic heterocycles. The smallest absolute Gasteiger partial charge is 0.284 e. The molecule has 7 nitrogen and oxygen atoms in total. The van der Waals surface area contributed by atoms with Crippen molar-refractivity contribution in [2.75, 3.05) is 18.9 Å². The number of carbonyl (C=O) groups is 3. The molecule has 8 heteroatoms. The molecule has 1 unspecified atom stereocenters. The van der Waals surface area contributed by atoms with E-state index in [0.29, 0.717) is 6.54 Å². The Morgan fingerprint density at radius 1 is 1.24 bits per heavy atom. The topological polar surface area (TPSA) is 96.9 Å². The molecular formula is C17H23N3O4S. The van der Waals surface area contributed by atoms with Gasteiger partial charge in [0.1, 0.15) is 5.57 Å². The van der Waals surface area contributed by atoms with Gasteiger partial charge in [-0.15, -0.1) is 0 Å². The number of hydrogen-bond acceptors (Lipinski definition) is 5. The maximum Gasteiger partial charge on any atom is 0.284 e. The fourth-order valence-corrected chi connectivity index (χ4v) is 3.94. The number of amidine groups is 1. The van der Waals surface area contributed by atoms with Gasteiger partial charge in [-0.05, 0) is 38.5 Å². The van der Waals surface area contributed by atoms with Gasteiger partial charge in [0.2, 0.25) is 5.91 Å². The fourth-order valence-electron chi connectivity index (χ4n) is 3.26. The van der Waals surface area contributed by atoms with Gasteiger partial charge in [-0.1, -0.05) is 23.8 Å². The van der Waals surface area contributed by atoms with Crippen LogP contribution in [0.1, 0.15) is 44.9 Å². The summed E-state index contributed by atoms with van der Waals surface area (Å²) >= 11 is 1.07. The summed E-state index contributed by atoms with van der Waals surface area (Å²) in [6.45, 7) is 1.24. The normalized spacial score (nSPS) is 24.2. The maximum absolute atomic E-state index is 12.3. The zero-order valence-electron chi connectivity index (χ0n) is 14.1. The molecule has 136 valence electrons. The number of thioether (sulfide) groups is 1. The van der Waals surface area contributed by atoms with Crippen LogP contribution in [-0.4, -0.2) is 47.9 Å². The van der Waals surface area contributed by atoms with Gasteiger partial charge in [0.25, 0.3) is 11.8 Å². The van der Waals surface area contributed by atoms with Crippen LogP contribution < -0.4 is 10.6 Å². The first-order valence-corrected chi connectivity index (χ1v) is 9.79. The third-order valence-corrected chi connectivity index (χ3v) is 5.44. The lowest BCUT2D eigenvalue weighted by Gasteiger charge is -2.20. The van der Waals surface area contributed by atoms with E-state index < -0.39 is 5.91 Å². The zero-order valence-corrected chi connectivity index (χ0v) is 15.0. The Kier molecular flexibility index (Phi) is 6.25. The van der Waals surface area contributed by atoms with Gasteiger partial charge in [-0.2, -0.15) is 4.99 Å². The molecule has 1 saturated carbocycles. The van der Waals surface area contributed by atoms with E-state index >= 15 is 0 Å². The lowest BCUT2D eigenvalue weighted by molar-refractivity contribution is -0.122. The number of hydrogen-bond donors (Lipinski definition) is 2. The monoisotopic (exact) mass is 365 g/mol. The maximum atomic E-state index is 12.3. The molecule has 1 atom stereocenters. The second kappa shape index (κ2) is 8.62. The van der Waals surface area contributed by atoms with Crippen LogP contribution in [0.3, 0.4) is 0 Å². The van der Waals surface area contributed by atoms with Crippen molar-refractivity contribution < 1.29 is 19.1 Å². The lowest BCUT2D eigenvalue weighted by Crippen LogP contribution is -2.39. The number of aliphatic imine (C=N–C) groups is 1. The van der Waals surface area contributed by atoms with E-state index in [0.717, 1.165) is 68.9 Å². The van der Waals surface area contributed by atoms with Gasteiger partial charge in [-0.25, -0.2) is 0 Å². The minimum atomic E-state index is -0.483. The van der Waals surface area contributed by atoms with Crippen LogP contribution in [0.15, 0.2) is 16.1 Å². The molecule has 3 aliphatic rings. The highest BCUT2D eigenvalue weighted by molar-refractivity contribution is 8.14. The summed E-state index contributed by atoms with van der Waals surface area (Å²) in [6.07, 6.45) is 6.81. The Balaban J connectivity index is 1.50. The number of nitrogens with one attached hydrogen (secondary N) is 2. The van der Waals surface area contributed by atoms with E-state index in [1.807, 2.05) is 0 Å². The number of carbonyl (C=O) groups excluding carboxylic acids is 3. The van der Waals surface area contributed by atoms with Crippen molar-refractivity contribution in [2.45, 2.75) is 51.0 Å². The Morgan fingerprint density at radius 2 is 2.04 bits per heavy atom. The number of allylic oxidation sites excluding steroid dienone is 1. The second-order valence-electron chi connectivity index (χ2n) is 6.44. The van der Waals surface area contributed by atoms with E-state index in [1.54, 1.807) is 0 Å². The van der Waals surface area contributed by atoms with E-state index in [2.05, 4.69) is 15.6 Å². The molecule has 2 N–H and O–H groups in total. The molecule has 1 aliphatic carbocycles. The van der Waals surface area contributed by atoms with Crippen LogP contribution in [0.5, 0.6) is 0 Å². The predicted octanol–water partition coefficient (Wildman–Crippen LogP) is 1.29. The van der Waals surface area contributed by atoms with Crippen LogP contribution in [0.2, 0.25) is 0 Å². The number of amides is 3. The Hall–Kier alpha value is -1.67. The van der Waals surface area contributed by atoms with Crippen molar-refractivity contribution >= 4 is 34.7 Å².